The van der Waals surface area contributed by atoms with Crippen molar-refractivity contribution in [3.63, 3.8) is 0 Å². The summed E-state index contributed by atoms with van der Waals surface area (Å²) in [4.78, 5) is 26.2. The molecule has 1 amide bonds. The largest absolute Gasteiger partial charge is 0.469 e. The number of halogens is 1. The number of aryl methyl sites for hydroxylation is 1. The number of hydrogen-bond acceptors (Lipinski definition) is 3. The Balaban J connectivity index is 2.16. The molecule has 6 heteroatoms. The van der Waals surface area contributed by atoms with Crippen LogP contribution in [-0.2, 0) is 16.1 Å². The molecular formula is C15H21BrN2O3. The van der Waals surface area contributed by atoms with E-state index in [1.165, 1.54) is 7.11 Å². The van der Waals surface area contributed by atoms with Crippen LogP contribution in [0.25, 0.3) is 0 Å². The smallest absolute Gasteiger partial charge is 0.310 e. The fourth-order valence-electron chi connectivity index (χ4n) is 2.83. The van der Waals surface area contributed by atoms with Gasteiger partial charge in [-0.2, -0.15) is 0 Å². The fraction of sp³-hybridized carbons (Fsp3) is 0.600. The first-order valence-corrected chi connectivity index (χ1v) is 8.00. The molecule has 2 rings (SSSR count). The molecule has 0 spiro atoms. The molecule has 21 heavy (non-hydrogen) atoms. The molecule has 0 aromatic carbocycles. The zero-order valence-electron chi connectivity index (χ0n) is 12.6. The number of amides is 1. The van der Waals surface area contributed by atoms with Crippen LogP contribution in [0.5, 0.6) is 0 Å². The summed E-state index contributed by atoms with van der Waals surface area (Å²) in [7, 11) is 1.39. The van der Waals surface area contributed by atoms with Gasteiger partial charge in [0, 0.05) is 30.3 Å². The fourth-order valence-corrected chi connectivity index (χ4v) is 3.30. The van der Waals surface area contributed by atoms with Crippen LogP contribution in [-0.4, -0.2) is 41.5 Å². The van der Waals surface area contributed by atoms with Gasteiger partial charge in [0.05, 0.1) is 13.0 Å². The van der Waals surface area contributed by atoms with Crippen LogP contribution in [0.2, 0.25) is 0 Å². The van der Waals surface area contributed by atoms with Crippen LogP contribution in [0.15, 0.2) is 16.7 Å². The molecule has 2 heterocycles. The van der Waals surface area contributed by atoms with E-state index in [9.17, 15) is 9.59 Å². The Labute approximate surface area is 133 Å². The topological polar surface area (TPSA) is 51.5 Å². The number of esters is 1. The Morgan fingerprint density at radius 1 is 1.43 bits per heavy atom. The first-order valence-electron chi connectivity index (χ1n) is 7.20. The summed E-state index contributed by atoms with van der Waals surface area (Å²) in [5.74, 6) is -0.355. The third-order valence-corrected chi connectivity index (χ3v) is 4.38. The third-order valence-electron chi connectivity index (χ3n) is 3.95. The van der Waals surface area contributed by atoms with Gasteiger partial charge >= 0.3 is 5.97 Å². The van der Waals surface area contributed by atoms with Crippen molar-refractivity contribution in [3.8, 4) is 0 Å². The van der Waals surface area contributed by atoms with Crippen LogP contribution in [0.4, 0.5) is 0 Å². The molecule has 0 radical (unpaired) electrons. The van der Waals surface area contributed by atoms with E-state index in [2.05, 4.69) is 22.9 Å². The van der Waals surface area contributed by atoms with Crippen LogP contribution < -0.4 is 0 Å². The standard InChI is InChI=1S/C15H21BrN2O3/c1-4-5-17-8-11(16)6-13(17)14(19)18-7-10(2)12(9-18)15(20)21-3/h6,8,10,12H,4-5,7,9H2,1-3H3. The molecule has 2 unspecified atom stereocenters. The van der Waals surface area contributed by atoms with Crippen molar-refractivity contribution >= 4 is 27.8 Å². The monoisotopic (exact) mass is 356 g/mol. The molecule has 0 aliphatic carbocycles. The number of rotatable bonds is 4. The molecule has 1 aliphatic heterocycles. The molecule has 0 saturated carbocycles. The molecule has 1 aromatic rings. The van der Waals surface area contributed by atoms with Gasteiger partial charge in [-0.1, -0.05) is 13.8 Å². The van der Waals surface area contributed by atoms with E-state index in [-0.39, 0.29) is 23.7 Å². The van der Waals surface area contributed by atoms with Crippen molar-refractivity contribution in [3.05, 3.63) is 22.4 Å². The molecule has 0 N–H and O–H groups in total. The van der Waals surface area contributed by atoms with Crippen LogP contribution in [0.3, 0.4) is 0 Å². The van der Waals surface area contributed by atoms with E-state index >= 15 is 0 Å². The summed E-state index contributed by atoms with van der Waals surface area (Å²) in [5, 5.41) is 0. The summed E-state index contributed by atoms with van der Waals surface area (Å²) in [6.07, 6.45) is 2.89. The zero-order chi connectivity index (χ0) is 15.6. The summed E-state index contributed by atoms with van der Waals surface area (Å²) < 4.78 is 7.68. The van der Waals surface area contributed by atoms with Crippen molar-refractivity contribution in [1.82, 2.24) is 9.47 Å². The molecule has 1 fully saturated rings. The molecule has 5 nitrogen and oxygen atoms in total. The lowest BCUT2D eigenvalue weighted by Gasteiger charge is -2.17. The molecule has 1 saturated heterocycles. The number of carbonyl (C=O) groups is 2. The average Bonchev–Trinajstić information content (AvgIpc) is 3.01. The normalized spacial score (nSPS) is 21.6. The van der Waals surface area contributed by atoms with Crippen LogP contribution >= 0.6 is 15.9 Å². The molecule has 0 bridgehead atoms. The minimum Gasteiger partial charge on any atom is -0.469 e. The number of nitrogens with zero attached hydrogens (tertiary/aromatic N) is 2. The van der Waals surface area contributed by atoms with Gasteiger partial charge in [0.2, 0.25) is 0 Å². The second-order valence-electron chi connectivity index (χ2n) is 5.55. The van der Waals surface area contributed by atoms with Crippen molar-refractivity contribution in [2.45, 2.75) is 26.8 Å². The highest BCUT2D eigenvalue weighted by Gasteiger charge is 2.38. The van der Waals surface area contributed by atoms with E-state index < -0.39 is 0 Å². The minimum atomic E-state index is -0.233. The highest BCUT2D eigenvalue weighted by molar-refractivity contribution is 9.10. The van der Waals surface area contributed by atoms with Gasteiger partial charge in [0.1, 0.15) is 5.69 Å². The van der Waals surface area contributed by atoms with Crippen molar-refractivity contribution in [1.29, 1.82) is 0 Å². The highest BCUT2D eigenvalue weighted by atomic mass is 79.9. The molecule has 1 aromatic heterocycles. The van der Waals surface area contributed by atoms with Gasteiger partial charge in [0.25, 0.3) is 5.91 Å². The Morgan fingerprint density at radius 2 is 2.14 bits per heavy atom. The number of likely N-dealkylation sites (tertiary alicyclic amines) is 1. The Kier molecular flexibility index (Phi) is 5.08. The van der Waals surface area contributed by atoms with Gasteiger partial charge < -0.3 is 14.2 Å². The summed E-state index contributed by atoms with van der Waals surface area (Å²) >= 11 is 3.42. The SMILES string of the molecule is CCCn1cc(Br)cc1C(=O)N1CC(C)C(C(=O)OC)C1. The summed E-state index contributed by atoms with van der Waals surface area (Å²) in [6.45, 7) is 5.88. The van der Waals surface area contributed by atoms with E-state index in [4.69, 9.17) is 4.74 Å². The zero-order valence-corrected chi connectivity index (χ0v) is 14.2. The lowest BCUT2D eigenvalue weighted by Crippen LogP contribution is -2.31. The maximum atomic E-state index is 12.7. The number of methoxy groups -OCH3 is 1. The number of carbonyl (C=O) groups excluding carboxylic acids is 2. The minimum absolute atomic E-state index is 0.0209. The third kappa shape index (κ3) is 3.31. The van der Waals surface area contributed by atoms with Gasteiger partial charge in [0.15, 0.2) is 0 Å². The van der Waals surface area contributed by atoms with Crippen molar-refractivity contribution in [2.75, 3.05) is 20.2 Å². The number of hydrogen-bond donors (Lipinski definition) is 0. The van der Waals surface area contributed by atoms with Gasteiger partial charge in [-0.15, -0.1) is 0 Å². The Hall–Kier alpha value is -1.30. The lowest BCUT2D eigenvalue weighted by atomic mass is 9.99. The maximum Gasteiger partial charge on any atom is 0.310 e. The number of ether oxygens (including phenoxy) is 1. The van der Waals surface area contributed by atoms with E-state index in [1.807, 2.05) is 23.8 Å². The summed E-state index contributed by atoms with van der Waals surface area (Å²) in [5.41, 5.74) is 0.668. The van der Waals surface area contributed by atoms with Crippen molar-refractivity contribution < 1.29 is 14.3 Å². The molecular weight excluding hydrogens is 336 g/mol. The van der Waals surface area contributed by atoms with E-state index in [1.54, 1.807) is 4.90 Å². The quantitative estimate of drug-likeness (QED) is 0.779. The van der Waals surface area contributed by atoms with Crippen LogP contribution in [0, 0.1) is 11.8 Å². The maximum absolute atomic E-state index is 12.7. The Bertz CT molecular complexity index is 541. The predicted molar refractivity (Wildman–Crippen MR) is 83.0 cm³/mol. The van der Waals surface area contributed by atoms with E-state index in [0.717, 1.165) is 17.4 Å². The summed E-state index contributed by atoms with van der Waals surface area (Å²) in [6, 6.07) is 1.84. The first kappa shape index (κ1) is 16.1. The lowest BCUT2D eigenvalue weighted by molar-refractivity contribution is -0.146. The number of aromatic nitrogens is 1. The highest BCUT2D eigenvalue weighted by Crippen LogP contribution is 2.26. The van der Waals surface area contributed by atoms with Gasteiger partial charge in [-0.25, -0.2) is 0 Å². The molecule has 116 valence electrons. The molecule has 1 aliphatic rings. The predicted octanol–water partition coefficient (Wildman–Crippen LogP) is 2.54. The Morgan fingerprint density at radius 3 is 2.76 bits per heavy atom. The molecule has 2 atom stereocenters. The van der Waals surface area contributed by atoms with E-state index in [0.29, 0.717) is 18.8 Å². The second-order valence-corrected chi connectivity index (χ2v) is 6.47. The van der Waals surface area contributed by atoms with Gasteiger partial charge in [-0.3, -0.25) is 9.59 Å². The average molecular weight is 357 g/mol. The second kappa shape index (κ2) is 6.64. The van der Waals surface area contributed by atoms with Crippen molar-refractivity contribution in [2.24, 2.45) is 11.8 Å². The van der Waals surface area contributed by atoms with Gasteiger partial charge in [-0.05, 0) is 34.3 Å². The van der Waals surface area contributed by atoms with Crippen LogP contribution in [0.1, 0.15) is 30.8 Å². The first-order chi connectivity index (χ1) is 9.97.